The van der Waals surface area contributed by atoms with Gasteiger partial charge in [0.1, 0.15) is 15.9 Å². The van der Waals surface area contributed by atoms with Crippen molar-refractivity contribution < 1.29 is 9.85 Å². The molecule has 0 bridgehead atoms. The van der Waals surface area contributed by atoms with Crippen LogP contribution in [0.5, 0.6) is 0 Å². The molecule has 6 heteroatoms. The summed E-state index contributed by atoms with van der Waals surface area (Å²) >= 11 is 0. The van der Waals surface area contributed by atoms with E-state index in [1.807, 2.05) is 13.8 Å². The maximum absolute atomic E-state index is 10.4. The lowest BCUT2D eigenvalue weighted by atomic mass is 10.1. The van der Waals surface area contributed by atoms with Gasteiger partial charge in [-0.1, -0.05) is 18.2 Å². The van der Waals surface area contributed by atoms with Crippen LogP contribution in [0.1, 0.15) is 16.7 Å². The Morgan fingerprint density at radius 2 is 1.69 bits per heavy atom. The molecule has 0 aliphatic heterocycles. The molecule has 0 heterocycles. The van der Waals surface area contributed by atoms with Gasteiger partial charge in [-0.25, -0.2) is 0 Å². The van der Waals surface area contributed by atoms with Gasteiger partial charge in [0.05, 0.1) is 0 Å². The molecule has 0 atom stereocenters. The van der Waals surface area contributed by atoms with Gasteiger partial charge in [0.25, 0.3) is 0 Å². The SMILES string of the molecule is Cc1ccc(C=C([N+](=O)[O-])[N+](=O)[O-])cc1C. The van der Waals surface area contributed by atoms with E-state index in [1.54, 1.807) is 18.2 Å². The van der Waals surface area contributed by atoms with E-state index in [0.29, 0.717) is 5.56 Å². The van der Waals surface area contributed by atoms with Crippen molar-refractivity contribution in [2.24, 2.45) is 0 Å². The molecular formula is C10H10N2O4. The van der Waals surface area contributed by atoms with Crippen molar-refractivity contribution in [1.82, 2.24) is 0 Å². The quantitative estimate of drug-likeness (QED) is 0.579. The molecule has 0 saturated carbocycles. The van der Waals surface area contributed by atoms with Gasteiger partial charge in [0, 0.05) is 0 Å². The normalized spacial score (nSPS) is 9.62. The minimum atomic E-state index is -1.02. The third-order valence-electron chi connectivity index (χ3n) is 2.20. The Morgan fingerprint density at radius 3 is 2.12 bits per heavy atom. The van der Waals surface area contributed by atoms with Crippen LogP contribution in [0.3, 0.4) is 0 Å². The van der Waals surface area contributed by atoms with Crippen LogP contribution in [0.4, 0.5) is 0 Å². The molecule has 84 valence electrons. The zero-order chi connectivity index (χ0) is 12.3. The molecule has 0 saturated heterocycles. The number of hydrogen-bond acceptors (Lipinski definition) is 4. The first kappa shape index (κ1) is 11.8. The van der Waals surface area contributed by atoms with Crippen molar-refractivity contribution in [3.8, 4) is 0 Å². The van der Waals surface area contributed by atoms with E-state index in [9.17, 15) is 20.2 Å². The third kappa shape index (κ3) is 2.63. The summed E-state index contributed by atoms with van der Waals surface area (Å²) in [6.07, 6.45) is 0.951. The van der Waals surface area contributed by atoms with Crippen molar-refractivity contribution in [1.29, 1.82) is 0 Å². The van der Waals surface area contributed by atoms with Crippen LogP contribution in [0, 0.1) is 34.1 Å². The van der Waals surface area contributed by atoms with E-state index < -0.39 is 15.7 Å². The Kier molecular flexibility index (Phi) is 3.34. The first-order chi connectivity index (χ1) is 7.41. The second-order valence-corrected chi connectivity index (χ2v) is 3.36. The highest BCUT2D eigenvalue weighted by molar-refractivity contribution is 5.51. The number of hydrogen-bond donors (Lipinski definition) is 0. The fourth-order valence-electron chi connectivity index (χ4n) is 1.18. The standard InChI is InChI=1S/C10H10N2O4/c1-7-3-4-9(5-8(7)2)6-10(11(13)14)12(15)16/h3-6H,1-2H3. The van der Waals surface area contributed by atoms with Crippen LogP contribution >= 0.6 is 0 Å². The molecule has 0 aliphatic carbocycles. The maximum Gasteiger partial charge on any atom is 0.559 e. The summed E-state index contributed by atoms with van der Waals surface area (Å²) in [5.41, 5.74) is 2.41. The Hall–Kier alpha value is -2.24. The van der Waals surface area contributed by atoms with E-state index >= 15 is 0 Å². The molecule has 0 spiro atoms. The van der Waals surface area contributed by atoms with Crippen LogP contribution in [-0.2, 0) is 0 Å². The zero-order valence-corrected chi connectivity index (χ0v) is 8.84. The summed E-state index contributed by atoms with van der Waals surface area (Å²) in [7, 11) is 0. The molecule has 16 heavy (non-hydrogen) atoms. The summed E-state index contributed by atoms with van der Waals surface area (Å²) in [6, 6.07) is 5.04. The highest BCUT2D eigenvalue weighted by Crippen LogP contribution is 2.13. The predicted molar refractivity (Wildman–Crippen MR) is 57.9 cm³/mol. The maximum atomic E-state index is 10.4. The van der Waals surface area contributed by atoms with Gasteiger partial charge in [-0.05, 0) is 30.5 Å². The number of rotatable bonds is 3. The first-order valence-corrected chi connectivity index (χ1v) is 4.49. The summed E-state index contributed by atoms with van der Waals surface area (Å²) in [5, 5.41) is 20.8. The number of benzene rings is 1. The van der Waals surface area contributed by atoms with Crippen molar-refractivity contribution in [3.63, 3.8) is 0 Å². The molecule has 0 N–H and O–H groups in total. The van der Waals surface area contributed by atoms with Gasteiger partial charge in [0.15, 0.2) is 0 Å². The van der Waals surface area contributed by atoms with Crippen LogP contribution in [-0.4, -0.2) is 9.85 Å². The van der Waals surface area contributed by atoms with Gasteiger partial charge in [-0.2, -0.15) is 0 Å². The lowest BCUT2D eigenvalue weighted by molar-refractivity contribution is -0.613. The van der Waals surface area contributed by atoms with E-state index in [1.165, 1.54) is 0 Å². The highest BCUT2D eigenvalue weighted by Gasteiger charge is 2.24. The fraction of sp³-hybridized carbons (Fsp3) is 0.200. The number of nitro groups is 2. The molecule has 0 unspecified atom stereocenters. The lowest BCUT2D eigenvalue weighted by Gasteiger charge is -1.99. The summed E-state index contributed by atoms with van der Waals surface area (Å²) in [6.45, 7) is 3.73. The van der Waals surface area contributed by atoms with Crippen LogP contribution in [0.15, 0.2) is 24.0 Å². The molecular weight excluding hydrogens is 212 g/mol. The van der Waals surface area contributed by atoms with Crippen LogP contribution in [0.25, 0.3) is 6.08 Å². The number of aryl methyl sites for hydroxylation is 2. The molecule has 0 aliphatic rings. The molecule has 1 aromatic rings. The Morgan fingerprint density at radius 1 is 1.12 bits per heavy atom. The highest BCUT2D eigenvalue weighted by atomic mass is 16.7. The summed E-state index contributed by atoms with van der Waals surface area (Å²) in [5.74, 6) is -1.02. The van der Waals surface area contributed by atoms with Crippen molar-refractivity contribution in [2.75, 3.05) is 0 Å². The van der Waals surface area contributed by atoms with Crippen molar-refractivity contribution in [3.05, 3.63) is 60.9 Å². The van der Waals surface area contributed by atoms with E-state index in [-0.39, 0.29) is 0 Å². The van der Waals surface area contributed by atoms with E-state index in [2.05, 4.69) is 0 Å². The average Bonchev–Trinajstić information content (AvgIpc) is 2.18. The predicted octanol–water partition coefficient (Wildman–Crippen LogP) is 2.16. The second kappa shape index (κ2) is 4.52. The lowest BCUT2D eigenvalue weighted by Crippen LogP contribution is -2.08. The summed E-state index contributed by atoms with van der Waals surface area (Å²) in [4.78, 5) is 18.8. The zero-order valence-electron chi connectivity index (χ0n) is 8.84. The second-order valence-electron chi connectivity index (χ2n) is 3.36. The van der Waals surface area contributed by atoms with Gasteiger partial charge in [-0.15, -0.1) is 0 Å². The first-order valence-electron chi connectivity index (χ1n) is 4.49. The Labute approximate surface area is 91.5 Å². The molecule has 0 radical (unpaired) electrons. The third-order valence-corrected chi connectivity index (χ3v) is 2.20. The topological polar surface area (TPSA) is 86.3 Å². The molecule has 6 nitrogen and oxygen atoms in total. The minimum absolute atomic E-state index is 0.450. The fourth-order valence-corrected chi connectivity index (χ4v) is 1.18. The monoisotopic (exact) mass is 222 g/mol. The molecule has 1 rings (SSSR count). The van der Waals surface area contributed by atoms with Crippen molar-refractivity contribution in [2.45, 2.75) is 13.8 Å². The van der Waals surface area contributed by atoms with E-state index in [4.69, 9.17) is 0 Å². The van der Waals surface area contributed by atoms with Crippen molar-refractivity contribution >= 4 is 6.08 Å². The summed E-state index contributed by atoms with van der Waals surface area (Å²) < 4.78 is 0. The van der Waals surface area contributed by atoms with Gasteiger partial charge in [0.2, 0.25) is 0 Å². The van der Waals surface area contributed by atoms with Gasteiger partial charge < -0.3 is 0 Å². The largest absolute Gasteiger partial charge is 0.559 e. The number of nitrogens with zero attached hydrogens (tertiary/aromatic N) is 2. The Bertz CT molecular complexity index is 464. The molecule has 0 aromatic heterocycles. The smallest absolute Gasteiger partial charge is 0.253 e. The minimum Gasteiger partial charge on any atom is -0.253 e. The molecule has 0 amide bonds. The van der Waals surface area contributed by atoms with Crippen LogP contribution in [0.2, 0.25) is 0 Å². The van der Waals surface area contributed by atoms with E-state index in [0.717, 1.165) is 17.2 Å². The van der Waals surface area contributed by atoms with Gasteiger partial charge >= 0.3 is 5.82 Å². The molecule has 0 fully saturated rings. The van der Waals surface area contributed by atoms with Gasteiger partial charge in [-0.3, -0.25) is 20.2 Å². The average molecular weight is 222 g/mol. The van der Waals surface area contributed by atoms with Crippen LogP contribution < -0.4 is 0 Å². The Balaban J connectivity index is 3.18. The molecule has 1 aromatic carbocycles.